The van der Waals surface area contributed by atoms with Crippen LogP contribution < -0.4 is 15.8 Å². The van der Waals surface area contributed by atoms with Crippen LogP contribution in [0.1, 0.15) is 25.7 Å². The molecule has 33 heavy (non-hydrogen) atoms. The lowest BCUT2D eigenvalue weighted by Crippen LogP contribution is -2.58. The van der Waals surface area contributed by atoms with Gasteiger partial charge < -0.3 is 9.64 Å². The molecule has 0 radical (unpaired) electrons. The largest absolute Gasteiger partial charge is 0.378 e. The van der Waals surface area contributed by atoms with E-state index in [9.17, 15) is 14.8 Å². The van der Waals surface area contributed by atoms with Crippen LogP contribution in [0.2, 0.25) is 5.28 Å². The van der Waals surface area contributed by atoms with Crippen LogP contribution in [0.4, 0.5) is 16.0 Å². The maximum Gasteiger partial charge on any atom is 0.243 e. The summed E-state index contributed by atoms with van der Waals surface area (Å²) in [6, 6.07) is 0.142. The quantitative estimate of drug-likeness (QED) is 0.202. The third-order valence-electron chi connectivity index (χ3n) is 6.59. The molecule has 0 bridgehead atoms. The monoisotopic (exact) mass is 485 g/mol. The lowest BCUT2D eigenvalue weighted by Gasteiger charge is -2.44. The van der Waals surface area contributed by atoms with Gasteiger partial charge in [-0.3, -0.25) is 30.5 Å². The van der Waals surface area contributed by atoms with Crippen molar-refractivity contribution in [1.29, 1.82) is 0 Å². The number of hydrogen-bond acceptors (Lipinski definition) is 9. The molecule has 3 fully saturated rings. The zero-order chi connectivity index (χ0) is 23.4. The fraction of sp³-hybridized carbons (Fsp3) is 0.700. The van der Waals surface area contributed by atoms with Gasteiger partial charge in [-0.05, 0) is 23.9 Å². The van der Waals surface area contributed by atoms with Crippen LogP contribution in [0.25, 0.3) is 0 Å². The summed E-state index contributed by atoms with van der Waals surface area (Å²) in [6.07, 6.45) is 3.87. The molecule has 11 nitrogen and oxygen atoms in total. The second-order valence-corrected chi connectivity index (χ2v) is 9.10. The Balaban J connectivity index is 1.42. The lowest BCUT2D eigenvalue weighted by atomic mass is 9.79. The number of nitrogens with one attached hydrogen (secondary N) is 2. The average molecular weight is 486 g/mol. The van der Waals surface area contributed by atoms with Gasteiger partial charge in [0.25, 0.3) is 0 Å². The summed E-state index contributed by atoms with van der Waals surface area (Å²) in [5, 5.41) is 9.85. The number of ether oxygens (including phenoxy) is 1. The molecule has 0 aromatic carbocycles. The van der Waals surface area contributed by atoms with Crippen molar-refractivity contribution < 1.29 is 23.9 Å². The predicted octanol–water partition coefficient (Wildman–Crippen LogP) is 0.887. The molecule has 1 saturated carbocycles. The average Bonchev–Trinajstić information content (AvgIpc) is 2.80. The highest BCUT2D eigenvalue weighted by atomic mass is 35.5. The molecule has 13 heteroatoms. The predicted molar refractivity (Wildman–Crippen MR) is 117 cm³/mol. The minimum absolute atomic E-state index is 0.0606. The van der Waals surface area contributed by atoms with E-state index < -0.39 is 17.6 Å². The van der Waals surface area contributed by atoms with Gasteiger partial charge in [-0.1, -0.05) is 19.3 Å². The fourth-order valence-electron chi connectivity index (χ4n) is 4.53. The Bertz CT molecular complexity index is 862. The van der Waals surface area contributed by atoms with E-state index in [1.165, 1.54) is 0 Å². The Labute approximate surface area is 196 Å². The maximum absolute atomic E-state index is 15.3. The summed E-state index contributed by atoms with van der Waals surface area (Å²) in [7, 11) is 0. The number of carbonyl (C=O) groups excluding carboxylic acids is 2. The SMILES string of the molecule is O=CN(O)C[C@H](CC1CCC1)C(=O)NNc1nc(Cl)nc(N2CCN3CCOC[C@@H]3C2)c1F. The van der Waals surface area contributed by atoms with Crippen LogP contribution in [0.5, 0.6) is 0 Å². The first-order valence-corrected chi connectivity index (χ1v) is 11.6. The number of rotatable bonds is 9. The molecule has 1 aliphatic carbocycles. The number of anilines is 2. The standard InChI is InChI=1S/C20H29ClFN7O4/c21-20-23-17(25-26-19(31)14(9-29(32)12-30)8-13-2-1-3-13)16(22)18(24-20)28-5-4-27-6-7-33-11-15(27)10-28/h12-15,32H,1-11H2,(H,26,31)(H,23,24,25)/t14-,15-/m0/s1. The lowest BCUT2D eigenvalue weighted by molar-refractivity contribution is -0.155. The van der Waals surface area contributed by atoms with Gasteiger partial charge >= 0.3 is 0 Å². The van der Waals surface area contributed by atoms with E-state index in [0.717, 1.165) is 32.4 Å². The summed E-state index contributed by atoms with van der Waals surface area (Å²) < 4.78 is 20.8. The smallest absolute Gasteiger partial charge is 0.243 e. The topological polar surface area (TPSA) is 123 Å². The molecule has 4 rings (SSSR count). The number of piperazine rings is 1. The van der Waals surface area contributed by atoms with Crippen LogP contribution >= 0.6 is 11.6 Å². The zero-order valence-electron chi connectivity index (χ0n) is 18.3. The molecule has 2 atom stereocenters. The number of morpholine rings is 1. The molecule has 3 N–H and O–H groups in total. The molecule has 1 aromatic rings. The Morgan fingerprint density at radius 3 is 2.91 bits per heavy atom. The van der Waals surface area contributed by atoms with Crippen LogP contribution in [0.3, 0.4) is 0 Å². The number of hydrogen-bond donors (Lipinski definition) is 3. The molecule has 2 saturated heterocycles. The van der Waals surface area contributed by atoms with Gasteiger partial charge in [-0.15, -0.1) is 0 Å². The Morgan fingerprint density at radius 1 is 1.36 bits per heavy atom. The molecule has 3 aliphatic rings. The molecular weight excluding hydrogens is 457 g/mol. The molecular formula is C20H29ClFN7O4. The number of fused-ring (bicyclic) bond motifs is 1. The second kappa shape index (κ2) is 10.8. The van der Waals surface area contributed by atoms with Gasteiger partial charge in [0.2, 0.25) is 23.4 Å². The van der Waals surface area contributed by atoms with Crippen molar-refractivity contribution >= 4 is 35.6 Å². The number of carbonyl (C=O) groups is 2. The van der Waals surface area contributed by atoms with Gasteiger partial charge in [0.1, 0.15) is 0 Å². The first-order valence-electron chi connectivity index (χ1n) is 11.2. The Kier molecular flexibility index (Phi) is 7.78. The highest BCUT2D eigenvalue weighted by Gasteiger charge is 2.33. The highest BCUT2D eigenvalue weighted by Crippen LogP contribution is 2.32. The van der Waals surface area contributed by atoms with Crippen molar-refractivity contribution in [3.8, 4) is 0 Å². The molecule has 2 amide bonds. The summed E-state index contributed by atoms with van der Waals surface area (Å²) in [6.45, 7) is 3.84. The van der Waals surface area contributed by atoms with Crippen molar-refractivity contribution in [2.24, 2.45) is 11.8 Å². The van der Waals surface area contributed by atoms with Gasteiger partial charge in [-0.2, -0.15) is 14.4 Å². The first kappa shape index (κ1) is 23.9. The Hall–Kier alpha value is -2.28. The third kappa shape index (κ3) is 5.81. The van der Waals surface area contributed by atoms with Crippen LogP contribution in [-0.4, -0.2) is 89.4 Å². The maximum atomic E-state index is 15.3. The van der Waals surface area contributed by atoms with E-state index in [1.807, 2.05) is 0 Å². The van der Waals surface area contributed by atoms with Gasteiger partial charge in [0.15, 0.2) is 11.6 Å². The van der Waals surface area contributed by atoms with Crippen molar-refractivity contribution in [3.05, 3.63) is 11.1 Å². The van der Waals surface area contributed by atoms with E-state index >= 15 is 4.39 Å². The number of nitrogens with zero attached hydrogens (tertiary/aromatic N) is 5. The summed E-state index contributed by atoms with van der Waals surface area (Å²) in [4.78, 5) is 35.6. The number of halogens is 2. The molecule has 0 unspecified atom stereocenters. The van der Waals surface area contributed by atoms with E-state index in [4.69, 9.17) is 16.3 Å². The number of hydrazine groups is 1. The van der Waals surface area contributed by atoms with Crippen molar-refractivity contribution in [2.45, 2.75) is 31.7 Å². The van der Waals surface area contributed by atoms with Crippen LogP contribution in [-0.2, 0) is 14.3 Å². The fourth-order valence-corrected chi connectivity index (χ4v) is 4.69. The van der Waals surface area contributed by atoms with E-state index in [2.05, 4.69) is 25.7 Å². The van der Waals surface area contributed by atoms with Crippen molar-refractivity contribution in [2.75, 3.05) is 56.3 Å². The van der Waals surface area contributed by atoms with E-state index in [0.29, 0.717) is 43.7 Å². The van der Waals surface area contributed by atoms with Gasteiger partial charge in [0.05, 0.1) is 31.7 Å². The van der Waals surface area contributed by atoms with Gasteiger partial charge in [0, 0.05) is 26.2 Å². The number of aromatic nitrogens is 2. The highest BCUT2D eigenvalue weighted by molar-refractivity contribution is 6.28. The summed E-state index contributed by atoms with van der Waals surface area (Å²) >= 11 is 6.06. The minimum Gasteiger partial charge on any atom is -0.378 e. The van der Waals surface area contributed by atoms with Crippen LogP contribution in [0.15, 0.2) is 0 Å². The van der Waals surface area contributed by atoms with E-state index in [-0.39, 0.29) is 35.9 Å². The first-order chi connectivity index (χ1) is 15.9. The van der Waals surface area contributed by atoms with Crippen LogP contribution in [0, 0.1) is 17.7 Å². The zero-order valence-corrected chi connectivity index (χ0v) is 19.0. The molecule has 1 aromatic heterocycles. The van der Waals surface area contributed by atoms with Crippen molar-refractivity contribution in [1.82, 2.24) is 25.4 Å². The Morgan fingerprint density at radius 2 is 2.18 bits per heavy atom. The van der Waals surface area contributed by atoms with Crippen molar-refractivity contribution in [3.63, 3.8) is 0 Å². The number of hydroxylamine groups is 2. The minimum atomic E-state index is -0.725. The normalized spacial score (nSPS) is 22.2. The number of amides is 2. The second-order valence-electron chi connectivity index (χ2n) is 8.76. The van der Waals surface area contributed by atoms with Gasteiger partial charge in [-0.25, -0.2) is 5.06 Å². The third-order valence-corrected chi connectivity index (χ3v) is 6.76. The summed E-state index contributed by atoms with van der Waals surface area (Å²) in [5.41, 5.74) is 4.96. The molecule has 3 heterocycles. The van der Waals surface area contributed by atoms with E-state index in [1.54, 1.807) is 4.90 Å². The summed E-state index contributed by atoms with van der Waals surface area (Å²) in [5.74, 6) is -1.69. The molecule has 2 aliphatic heterocycles. The molecule has 0 spiro atoms. The molecule has 182 valence electrons.